The molecule has 1 amide bonds. The van der Waals surface area contributed by atoms with Crippen molar-refractivity contribution in [3.05, 3.63) is 22.6 Å². The van der Waals surface area contributed by atoms with E-state index in [4.69, 9.17) is 0 Å². The van der Waals surface area contributed by atoms with Crippen LogP contribution in [0.2, 0.25) is 0 Å². The topological polar surface area (TPSA) is 76.0 Å². The van der Waals surface area contributed by atoms with E-state index in [1.807, 2.05) is 6.92 Å². The maximum absolute atomic E-state index is 11.7. The van der Waals surface area contributed by atoms with Gasteiger partial charge in [-0.25, -0.2) is 4.68 Å². The van der Waals surface area contributed by atoms with Crippen molar-refractivity contribution in [2.75, 3.05) is 18.4 Å². The third-order valence-electron chi connectivity index (χ3n) is 2.59. The second-order valence-electron chi connectivity index (χ2n) is 4.80. The molecule has 0 saturated carbocycles. The van der Waals surface area contributed by atoms with Crippen LogP contribution in [-0.4, -0.2) is 28.8 Å². The predicted molar refractivity (Wildman–Crippen MR) is 75.1 cm³/mol. The Morgan fingerprint density at radius 3 is 2.79 bits per heavy atom. The van der Waals surface area contributed by atoms with Crippen molar-refractivity contribution in [3.63, 3.8) is 0 Å². The molecule has 19 heavy (non-hydrogen) atoms. The number of carbonyl (C=O) groups is 1. The third kappa shape index (κ3) is 5.54. The molecule has 0 fully saturated rings. The number of nitrogens with zero attached hydrogens (tertiary/aromatic N) is 2. The summed E-state index contributed by atoms with van der Waals surface area (Å²) in [5.41, 5.74) is 0.390. The first-order valence-electron chi connectivity index (χ1n) is 6.60. The standard InChI is InChI=1S/C13H22N4O2/c1-4-14-11-7-13(19)17(16-8-11)9-12(18)15-6-5-10(2)3/h7-8,10,14H,4-6,9H2,1-3H3,(H,15,18). The minimum absolute atomic E-state index is 0.0384. The van der Waals surface area contributed by atoms with Crippen LogP contribution in [0.1, 0.15) is 27.2 Å². The number of nitrogens with one attached hydrogen (secondary N) is 2. The molecule has 1 rings (SSSR count). The average Bonchev–Trinajstić information content (AvgIpc) is 2.32. The number of aromatic nitrogens is 2. The molecule has 1 heterocycles. The molecule has 0 unspecified atom stereocenters. The molecule has 6 nitrogen and oxygen atoms in total. The summed E-state index contributed by atoms with van der Waals surface area (Å²) in [6.07, 6.45) is 2.47. The zero-order chi connectivity index (χ0) is 14.3. The average molecular weight is 266 g/mol. The van der Waals surface area contributed by atoms with Gasteiger partial charge in [0.25, 0.3) is 5.56 Å². The van der Waals surface area contributed by atoms with E-state index in [0.717, 1.165) is 17.6 Å². The maximum atomic E-state index is 11.7. The minimum atomic E-state index is -0.280. The lowest BCUT2D eigenvalue weighted by Crippen LogP contribution is -2.34. The van der Waals surface area contributed by atoms with Gasteiger partial charge in [-0.05, 0) is 19.3 Å². The van der Waals surface area contributed by atoms with Gasteiger partial charge >= 0.3 is 0 Å². The Bertz CT molecular complexity index is 468. The molecule has 0 radical (unpaired) electrons. The van der Waals surface area contributed by atoms with E-state index in [1.54, 1.807) is 6.20 Å². The van der Waals surface area contributed by atoms with Gasteiger partial charge in [0.1, 0.15) is 6.54 Å². The van der Waals surface area contributed by atoms with Crippen molar-refractivity contribution < 1.29 is 4.79 Å². The van der Waals surface area contributed by atoms with Crippen molar-refractivity contribution >= 4 is 11.6 Å². The van der Waals surface area contributed by atoms with Gasteiger partial charge in [-0.1, -0.05) is 13.8 Å². The number of carbonyl (C=O) groups excluding carboxylic acids is 1. The zero-order valence-electron chi connectivity index (χ0n) is 11.8. The molecule has 0 aliphatic carbocycles. The first kappa shape index (κ1) is 15.2. The molecule has 1 aromatic heterocycles. The molecule has 1 aromatic rings. The fraction of sp³-hybridized carbons (Fsp3) is 0.615. The summed E-state index contributed by atoms with van der Waals surface area (Å²) in [7, 11) is 0. The molecule has 0 saturated heterocycles. The predicted octanol–water partition coefficient (Wildman–Crippen LogP) is 0.837. The molecule has 0 spiro atoms. The Labute approximate surface area is 113 Å². The van der Waals surface area contributed by atoms with E-state index in [0.29, 0.717) is 18.2 Å². The number of amides is 1. The van der Waals surface area contributed by atoms with E-state index >= 15 is 0 Å². The number of hydrogen-bond acceptors (Lipinski definition) is 4. The molecular formula is C13H22N4O2. The van der Waals surface area contributed by atoms with Crippen LogP contribution in [-0.2, 0) is 11.3 Å². The van der Waals surface area contributed by atoms with Crippen LogP contribution in [0.25, 0.3) is 0 Å². The summed E-state index contributed by atoms with van der Waals surface area (Å²) in [5, 5.41) is 9.74. The van der Waals surface area contributed by atoms with Crippen LogP contribution in [0.4, 0.5) is 5.69 Å². The van der Waals surface area contributed by atoms with Crippen molar-refractivity contribution in [3.8, 4) is 0 Å². The third-order valence-corrected chi connectivity index (χ3v) is 2.59. The normalized spacial score (nSPS) is 10.5. The van der Waals surface area contributed by atoms with Gasteiger partial charge < -0.3 is 10.6 Å². The van der Waals surface area contributed by atoms with E-state index in [9.17, 15) is 9.59 Å². The Hall–Kier alpha value is -1.85. The number of rotatable bonds is 7. The van der Waals surface area contributed by atoms with Gasteiger partial charge in [0.05, 0.1) is 11.9 Å². The highest BCUT2D eigenvalue weighted by Crippen LogP contribution is 1.98. The summed E-state index contributed by atoms with van der Waals surface area (Å²) in [6, 6.07) is 1.44. The van der Waals surface area contributed by atoms with E-state index in [2.05, 4.69) is 29.6 Å². The van der Waals surface area contributed by atoms with Crippen LogP contribution in [0, 0.1) is 5.92 Å². The van der Waals surface area contributed by atoms with Crippen LogP contribution < -0.4 is 16.2 Å². The lowest BCUT2D eigenvalue weighted by atomic mass is 10.1. The van der Waals surface area contributed by atoms with Crippen molar-refractivity contribution in [1.82, 2.24) is 15.1 Å². The first-order valence-corrected chi connectivity index (χ1v) is 6.60. The van der Waals surface area contributed by atoms with Gasteiger partial charge in [-0.3, -0.25) is 9.59 Å². The van der Waals surface area contributed by atoms with Gasteiger partial charge in [0.15, 0.2) is 0 Å². The Kier molecular flexibility index (Phi) is 6.05. The zero-order valence-corrected chi connectivity index (χ0v) is 11.8. The molecule has 2 N–H and O–H groups in total. The fourth-order valence-corrected chi connectivity index (χ4v) is 1.55. The molecule has 0 aliphatic rings. The summed E-state index contributed by atoms with van der Waals surface area (Å²) >= 11 is 0. The Balaban J connectivity index is 2.52. The highest BCUT2D eigenvalue weighted by atomic mass is 16.2. The molecule has 106 valence electrons. The van der Waals surface area contributed by atoms with Crippen LogP contribution in [0.3, 0.4) is 0 Å². The fourth-order valence-electron chi connectivity index (χ4n) is 1.55. The molecular weight excluding hydrogens is 244 g/mol. The lowest BCUT2D eigenvalue weighted by molar-refractivity contribution is -0.121. The van der Waals surface area contributed by atoms with E-state index < -0.39 is 0 Å². The molecule has 6 heteroatoms. The molecule has 0 aromatic carbocycles. The van der Waals surface area contributed by atoms with Gasteiger partial charge in [-0.2, -0.15) is 5.10 Å². The van der Waals surface area contributed by atoms with Crippen molar-refractivity contribution in [2.24, 2.45) is 5.92 Å². The van der Waals surface area contributed by atoms with Gasteiger partial charge in [0.2, 0.25) is 5.91 Å². The van der Waals surface area contributed by atoms with Gasteiger partial charge in [0, 0.05) is 19.2 Å². The summed E-state index contributed by atoms with van der Waals surface area (Å²) in [4.78, 5) is 23.3. The Morgan fingerprint density at radius 2 is 2.21 bits per heavy atom. The summed E-state index contributed by atoms with van der Waals surface area (Å²) in [6.45, 7) is 7.44. The van der Waals surface area contributed by atoms with Crippen LogP contribution in [0.5, 0.6) is 0 Å². The summed E-state index contributed by atoms with van der Waals surface area (Å²) in [5.74, 6) is 0.354. The van der Waals surface area contributed by atoms with Crippen molar-refractivity contribution in [1.29, 1.82) is 0 Å². The molecule has 0 bridgehead atoms. The second kappa shape index (κ2) is 7.56. The SMILES string of the molecule is CCNc1cnn(CC(=O)NCCC(C)C)c(=O)c1. The van der Waals surface area contributed by atoms with E-state index in [-0.39, 0.29) is 18.0 Å². The lowest BCUT2D eigenvalue weighted by Gasteiger charge is -2.08. The maximum Gasteiger partial charge on any atom is 0.269 e. The number of anilines is 1. The van der Waals surface area contributed by atoms with Crippen molar-refractivity contribution in [2.45, 2.75) is 33.7 Å². The quantitative estimate of drug-likeness (QED) is 0.766. The molecule has 0 aliphatic heterocycles. The minimum Gasteiger partial charge on any atom is -0.384 e. The van der Waals surface area contributed by atoms with Crippen LogP contribution in [0.15, 0.2) is 17.1 Å². The largest absolute Gasteiger partial charge is 0.384 e. The monoisotopic (exact) mass is 266 g/mol. The Morgan fingerprint density at radius 1 is 1.47 bits per heavy atom. The first-order chi connectivity index (χ1) is 9.02. The highest BCUT2D eigenvalue weighted by molar-refractivity contribution is 5.75. The smallest absolute Gasteiger partial charge is 0.269 e. The van der Waals surface area contributed by atoms with Crippen LogP contribution >= 0.6 is 0 Å². The molecule has 0 atom stereocenters. The second-order valence-corrected chi connectivity index (χ2v) is 4.80. The van der Waals surface area contributed by atoms with E-state index in [1.165, 1.54) is 6.07 Å². The number of hydrogen-bond donors (Lipinski definition) is 2. The highest BCUT2D eigenvalue weighted by Gasteiger charge is 2.06. The summed E-state index contributed by atoms with van der Waals surface area (Å²) < 4.78 is 1.16. The van der Waals surface area contributed by atoms with Gasteiger partial charge in [-0.15, -0.1) is 0 Å².